The fourth-order valence-electron chi connectivity index (χ4n) is 4.66. The molecule has 2 aliphatic rings. The predicted molar refractivity (Wildman–Crippen MR) is 111 cm³/mol. The number of carbonyl (C=O) groups is 2. The lowest BCUT2D eigenvalue weighted by atomic mass is 9.78. The van der Waals surface area contributed by atoms with Crippen molar-refractivity contribution in [3.8, 4) is 11.5 Å². The van der Waals surface area contributed by atoms with Gasteiger partial charge >= 0.3 is 0 Å². The Hall–Kier alpha value is -3.09. The summed E-state index contributed by atoms with van der Waals surface area (Å²) < 4.78 is 10.9. The maximum Gasteiger partial charge on any atom is 0.272 e. The number of benzene rings is 1. The van der Waals surface area contributed by atoms with E-state index in [1.165, 1.54) is 0 Å². The summed E-state index contributed by atoms with van der Waals surface area (Å²) >= 11 is 0. The minimum atomic E-state index is -0.505. The first kappa shape index (κ1) is 20.2. The molecule has 2 aliphatic heterocycles. The van der Waals surface area contributed by atoms with Gasteiger partial charge in [-0.1, -0.05) is 18.2 Å². The highest BCUT2D eigenvalue weighted by Crippen LogP contribution is 2.41. The van der Waals surface area contributed by atoms with Crippen molar-refractivity contribution in [3.63, 3.8) is 0 Å². The number of pyridine rings is 1. The van der Waals surface area contributed by atoms with E-state index >= 15 is 0 Å². The Morgan fingerprint density at radius 2 is 1.97 bits per heavy atom. The second-order valence-corrected chi connectivity index (χ2v) is 7.95. The summed E-state index contributed by atoms with van der Waals surface area (Å²) in [4.78, 5) is 34.2. The molecule has 0 N–H and O–H groups in total. The number of nitrogens with zero attached hydrogens (tertiary/aromatic N) is 3. The van der Waals surface area contributed by atoms with E-state index in [1.54, 1.807) is 43.5 Å². The van der Waals surface area contributed by atoms with Crippen molar-refractivity contribution in [1.82, 2.24) is 14.8 Å². The molecule has 2 fully saturated rings. The van der Waals surface area contributed by atoms with Gasteiger partial charge in [-0.05, 0) is 37.5 Å². The summed E-state index contributed by atoms with van der Waals surface area (Å²) in [6.07, 6.45) is 4.04. The van der Waals surface area contributed by atoms with Gasteiger partial charge in [0, 0.05) is 37.9 Å². The Bertz CT molecular complexity index is 933. The summed E-state index contributed by atoms with van der Waals surface area (Å²) in [6.45, 7) is 2.20. The molecule has 0 unspecified atom stereocenters. The van der Waals surface area contributed by atoms with E-state index in [9.17, 15) is 9.59 Å². The fourth-order valence-corrected chi connectivity index (χ4v) is 4.66. The first-order valence-corrected chi connectivity index (χ1v) is 10.3. The van der Waals surface area contributed by atoms with Gasteiger partial charge in [-0.15, -0.1) is 0 Å². The predicted octanol–water partition coefficient (Wildman–Crippen LogP) is 2.75. The Balaban J connectivity index is 1.51. The molecule has 0 bridgehead atoms. The van der Waals surface area contributed by atoms with Crippen molar-refractivity contribution >= 4 is 11.8 Å². The molecular weight excluding hydrogens is 382 g/mol. The minimum Gasteiger partial charge on any atom is -0.493 e. The Kier molecular flexibility index (Phi) is 5.61. The summed E-state index contributed by atoms with van der Waals surface area (Å²) in [5, 5.41) is 0. The molecule has 0 radical (unpaired) electrons. The molecule has 4 rings (SSSR count). The maximum absolute atomic E-state index is 13.5. The Morgan fingerprint density at radius 1 is 1.10 bits per heavy atom. The largest absolute Gasteiger partial charge is 0.493 e. The molecule has 1 aromatic carbocycles. The molecule has 158 valence electrons. The van der Waals surface area contributed by atoms with E-state index in [4.69, 9.17) is 9.47 Å². The molecule has 0 aliphatic carbocycles. The summed E-state index contributed by atoms with van der Waals surface area (Å²) in [6, 6.07) is 11.0. The van der Waals surface area contributed by atoms with Crippen molar-refractivity contribution in [2.24, 2.45) is 5.41 Å². The first-order chi connectivity index (χ1) is 14.6. The number of likely N-dealkylation sites (tertiary alicyclic amines) is 2. The summed E-state index contributed by atoms with van der Waals surface area (Å²) in [5.41, 5.74) is 0.840. The van der Waals surface area contributed by atoms with Crippen molar-refractivity contribution < 1.29 is 19.1 Å². The third kappa shape index (κ3) is 3.60. The van der Waals surface area contributed by atoms with Gasteiger partial charge in [0.25, 0.3) is 5.91 Å². The third-order valence-electron chi connectivity index (χ3n) is 6.19. The molecule has 30 heavy (non-hydrogen) atoms. The number of ether oxygens (including phenoxy) is 2. The van der Waals surface area contributed by atoms with Crippen molar-refractivity contribution in [2.45, 2.75) is 25.8 Å². The SMILES string of the molecule is COc1cccc(CN2CCC[C@]3(CCN(C(=O)c4ccccn4)C3)C2=O)c1OC. The van der Waals surface area contributed by atoms with E-state index in [1.807, 2.05) is 23.1 Å². The third-order valence-corrected chi connectivity index (χ3v) is 6.19. The molecule has 0 saturated carbocycles. The van der Waals surface area contributed by atoms with Gasteiger partial charge in [0.1, 0.15) is 5.69 Å². The monoisotopic (exact) mass is 409 g/mol. The van der Waals surface area contributed by atoms with Crippen LogP contribution in [0.4, 0.5) is 0 Å². The number of hydrogen-bond acceptors (Lipinski definition) is 5. The van der Waals surface area contributed by atoms with Gasteiger partial charge in [-0.2, -0.15) is 0 Å². The second kappa shape index (κ2) is 8.34. The molecule has 3 heterocycles. The molecule has 2 aromatic rings. The highest BCUT2D eigenvalue weighted by molar-refractivity contribution is 5.94. The Morgan fingerprint density at radius 3 is 2.70 bits per heavy atom. The Labute approximate surface area is 176 Å². The molecule has 1 atom stereocenters. The first-order valence-electron chi connectivity index (χ1n) is 10.3. The van der Waals surface area contributed by atoms with Crippen LogP contribution in [-0.2, 0) is 11.3 Å². The highest BCUT2D eigenvalue weighted by Gasteiger charge is 2.49. The normalized spacial score (nSPS) is 21.2. The molecule has 7 heteroatoms. The molecule has 1 spiro atoms. The zero-order chi connectivity index (χ0) is 21.1. The lowest BCUT2D eigenvalue weighted by Gasteiger charge is -2.39. The number of rotatable bonds is 5. The fraction of sp³-hybridized carbons (Fsp3) is 0.435. The van der Waals surface area contributed by atoms with E-state index < -0.39 is 5.41 Å². The number of para-hydroxylation sites is 1. The van der Waals surface area contributed by atoms with Crippen molar-refractivity contribution in [3.05, 3.63) is 53.9 Å². The average Bonchev–Trinajstić information content (AvgIpc) is 3.21. The minimum absolute atomic E-state index is 0.105. The zero-order valence-electron chi connectivity index (χ0n) is 17.5. The van der Waals surface area contributed by atoms with Crippen LogP contribution < -0.4 is 9.47 Å². The van der Waals surface area contributed by atoms with Crippen LogP contribution in [-0.4, -0.2) is 60.5 Å². The molecule has 2 saturated heterocycles. The van der Waals surface area contributed by atoms with Crippen LogP contribution >= 0.6 is 0 Å². The molecular formula is C23H27N3O4. The number of carbonyl (C=O) groups excluding carboxylic acids is 2. The van der Waals surface area contributed by atoms with Crippen LogP contribution in [0.15, 0.2) is 42.6 Å². The van der Waals surface area contributed by atoms with Gasteiger partial charge in [0.2, 0.25) is 5.91 Å². The van der Waals surface area contributed by atoms with E-state index in [0.29, 0.717) is 49.8 Å². The standard InChI is InChI=1S/C23H27N3O4/c1-29-19-9-5-7-17(20(19)30-2)15-25-13-6-10-23(22(25)28)11-14-26(16-23)21(27)18-8-3-4-12-24-18/h3-5,7-9,12H,6,10-11,13-16H2,1-2H3/t23-/m1/s1. The topological polar surface area (TPSA) is 72.0 Å². The molecule has 2 amide bonds. The van der Waals surface area contributed by atoms with Gasteiger partial charge in [0.15, 0.2) is 11.5 Å². The lowest BCUT2D eigenvalue weighted by molar-refractivity contribution is -0.146. The second-order valence-electron chi connectivity index (χ2n) is 7.95. The van der Waals surface area contributed by atoms with Crippen molar-refractivity contribution in [1.29, 1.82) is 0 Å². The van der Waals surface area contributed by atoms with E-state index in [0.717, 1.165) is 18.4 Å². The quantitative estimate of drug-likeness (QED) is 0.759. The smallest absolute Gasteiger partial charge is 0.272 e. The lowest BCUT2D eigenvalue weighted by Crippen LogP contribution is -2.50. The number of methoxy groups -OCH3 is 2. The van der Waals surface area contributed by atoms with Crippen LogP contribution in [0.1, 0.15) is 35.3 Å². The number of hydrogen-bond donors (Lipinski definition) is 0. The van der Waals surface area contributed by atoms with Gasteiger partial charge in [-0.3, -0.25) is 14.6 Å². The number of piperidine rings is 1. The zero-order valence-corrected chi connectivity index (χ0v) is 17.5. The van der Waals surface area contributed by atoms with E-state index in [2.05, 4.69) is 4.98 Å². The van der Waals surface area contributed by atoms with Crippen LogP contribution in [0, 0.1) is 5.41 Å². The maximum atomic E-state index is 13.5. The van der Waals surface area contributed by atoms with Gasteiger partial charge in [-0.25, -0.2) is 0 Å². The van der Waals surface area contributed by atoms with Crippen LogP contribution in [0.3, 0.4) is 0 Å². The highest BCUT2D eigenvalue weighted by atomic mass is 16.5. The van der Waals surface area contributed by atoms with Gasteiger partial charge in [0.05, 0.1) is 19.6 Å². The van der Waals surface area contributed by atoms with Gasteiger partial charge < -0.3 is 19.3 Å². The van der Waals surface area contributed by atoms with Crippen LogP contribution in [0.5, 0.6) is 11.5 Å². The number of aromatic nitrogens is 1. The van der Waals surface area contributed by atoms with E-state index in [-0.39, 0.29) is 11.8 Å². The molecule has 7 nitrogen and oxygen atoms in total. The number of amides is 2. The average molecular weight is 409 g/mol. The van der Waals surface area contributed by atoms with Crippen molar-refractivity contribution in [2.75, 3.05) is 33.9 Å². The molecule has 1 aromatic heterocycles. The summed E-state index contributed by atoms with van der Waals surface area (Å²) in [7, 11) is 3.22. The summed E-state index contributed by atoms with van der Waals surface area (Å²) in [5.74, 6) is 1.33. The van der Waals surface area contributed by atoms with Crippen LogP contribution in [0.2, 0.25) is 0 Å². The van der Waals surface area contributed by atoms with Crippen LogP contribution in [0.25, 0.3) is 0 Å².